The lowest BCUT2D eigenvalue weighted by molar-refractivity contribution is -0.119. The van der Waals surface area contributed by atoms with E-state index < -0.39 is 23.4 Å². The van der Waals surface area contributed by atoms with Crippen LogP contribution in [-0.4, -0.2) is 33.7 Å². The van der Waals surface area contributed by atoms with E-state index in [9.17, 15) is 4.79 Å². The number of halogens is 1. The zero-order valence-corrected chi connectivity index (χ0v) is 6.21. The summed E-state index contributed by atoms with van der Waals surface area (Å²) in [6.45, 7) is -0.473. The Kier molecular flexibility index (Phi) is 3.76. The van der Waals surface area contributed by atoms with Crippen LogP contribution in [-0.2, 0) is 4.79 Å². The second-order valence-electron chi connectivity index (χ2n) is 1.55. The van der Waals surface area contributed by atoms with E-state index in [1.807, 2.05) is 0 Å². The van der Waals surface area contributed by atoms with Gasteiger partial charge in [-0.2, -0.15) is 0 Å². The van der Waals surface area contributed by atoms with Gasteiger partial charge in [0.1, 0.15) is 4.83 Å². The minimum Gasteiger partial charge on any atom is -0.394 e. The summed E-state index contributed by atoms with van der Waals surface area (Å²) in [6.07, 6.45) is -1.11. The predicted octanol–water partition coefficient (Wildman–Crippen LogP) is -1.41. The Morgan fingerprint density at radius 3 is 2.33 bits per heavy atom. The molecule has 0 aromatic rings. The summed E-state index contributed by atoms with van der Waals surface area (Å²) < 4.78 is 0. The topological polar surface area (TPSA) is 83.6 Å². The average Bonchev–Trinajstić information content (AvgIpc) is 1.84. The Hall–Kier alpha value is -0.130. The van der Waals surface area contributed by atoms with E-state index in [0.717, 1.165) is 0 Å². The number of hydrogen-bond acceptors (Lipinski definition) is 3. The van der Waals surface area contributed by atoms with Gasteiger partial charge in [0.05, 0.1) is 12.7 Å². The monoisotopic (exact) mass is 197 g/mol. The van der Waals surface area contributed by atoms with Crippen molar-refractivity contribution in [1.29, 1.82) is 0 Å². The van der Waals surface area contributed by atoms with Crippen molar-refractivity contribution in [3.05, 3.63) is 0 Å². The molecule has 0 saturated carbocycles. The van der Waals surface area contributed by atoms with Crippen LogP contribution in [0, 0.1) is 0 Å². The van der Waals surface area contributed by atoms with E-state index in [-0.39, 0.29) is 0 Å². The first-order valence-corrected chi connectivity index (χ1v) is 3.23. The number of carbonyl (C=O) groups excluding carboxylic acids is 1. The zero-order valence-electron chi connectivity index (χ0n) is 4.62. The van der Waals surface area contributed by atoms with Gasteiger partial charge in [-0.3, -0.25) is 4.79 Å². The number of primary amides is 1. The molecule has 0 heterocycles. The normalized spacial score (nSPS) is 16.8. The van der Waals surface area contributed by atoms with E-state index in [1.165, 1.54) is 0 Å². The standard InChI is InChI=1S/C4H8BrNO3/c5-3(4(6)9)2(8)1-7/h2-3,7-8H,1H2,(H2,6,9). The molecule has 0 aliphatic carbocycles. The molecule has 9 heavy (non-hydrogen) atoms. The van der Waals surface area contributed by atoms with Gasteiger partial charge in [-0.05, 0) is 0 Å². The SMILES string of the molecule is NC(=O)C(Br)C(O)CO. The Bertz CT molecular complexity index is 108. The number of amides is 1. The predicted molar refractivity (Wildman–Crippen MR) is 35.0 cm³/mol. The van der Waals surface area contributed by atoms with Gasteiger partial charge in [0.2, 0.25) is 5.91 Å². The van der Waals surface area contributed by atoms with Crippen LogP contribution in [0.3, 0.4) is 0 Å². The Morgan fingerprint density at radius 2 is 2.22 bits per heavy atom. The summed E-state index contributed by atoms with van der Waals surface area (Å²) in [5, 5.41) is 17.0. The highest BCUT2D eigenvalue weighted by Crippen LogP contribution is 2.03. The quantitative estimate of drug-likeness (QED) is 0.487. The average molecular weight is 198 g/mol. The van der Waals surface area contributed by atoms with Crippen molar-refractivity contribution in [2.75, 3.05) is 6.61 Å². The number of alkyl halides is 1. The number of aliphatic hydroxyl groups is 2. The lowest BCUT2D eigenvalue weighted by Crippen LogP contribution is -2.36. The Labute approximate surface area is 60.8 Å². The van der Waals surface area contributed by atoms with Crippen molar-refractivity contribution in [1.82, 2.24) is 0 Å². The third kappa shape index (κ3) is 2.78. The molecule has 0 saturated heterocycles. The van der Waals surface area contributed by atoms with Gasteiger partial charge in [-0.15, -0.1) is 0 Å². The molecule has 0 aromatic heterocycles. The number of aliphatic hydroxyl groups excluding tert-OH is 2. The molecule has 4 N–H and O–H groups in total. The van der Waals surface area contributed by atoms with Gasteiger partial charge in [-0.1, -0.05) is 15.9 Å². The third-order valence-electron chi connectivity index (χ3n) is 0.797. The molecule has 0 spiro atoms. The first-order valence-electron chi connectivity index (χ1n) is 2.32. The molecule has 0 fully saturated rings. The maximum absolute atomic E-state index is 10.2. The highest BCUT2D eigenvalue weighted by molar-refractivity contribution is 9.10. The van der Waals surface area contributed by atoms with E-state index in [0.29, 0.717) is 0 Å². The van der Waals surface area contributed by atoms with Crippen molar-refractivity contribution in [2.24, 2.45) is 5.73 Å². The van der Waals surface area contributed by atoms with E-state index in [1.54, 1.807) is 0 Å². The molecule has 5 heteroatoms. The summed E-state index contributed by atoms with van der Waals surface area (Å²) in [6, 6.07) is 0. The summed E-state index contributed by atoms with van der Waals surface area (Å²) in [4.78, 5) is 9.35. The van der Waals surface area contributed by atoms with Crippen molar-refractivity contribution in [2.45, 2.75) is 10.9 Å². The molecule has 0 aromatic carbocycles. The maximum Gasteiger partial charge on any atom is 0.233 e. The van der Waals surface area contributed by atoms with Crippen LogP contribution in [0.4, 0.5) is 0 Å². The van der Waals surface area contributed by atoms with E-state index in [2.05, 4.69) is 15.9 Å². The van der Waals surface area contributed by atoms with Crippen molar-refractivity contribution in [3.63, 3.8) is 0 Å². The molecule has 2 atom stereocenters. The van der Waals surface area contributed by atoms with Crippen molar-refractivity contribution >= 4 is 21.8 Å². The fourth-order valence-electron chi connectivity index (χ4n) is 0.282. The largest absolute Gasteiger partial charge is 0.394 e. The van der Waals surface area contributed by atoms with Gasteiger partial charge in [0.25, 0.3) is 0 Å². The summed E-state index contributed by atoms with van der Waals surface area (Å²) in [5.74, 6) is -0.684. The molecule has 0 aliphatic rings. The van der Waals surface area contributed by atoms with Crippen LogP contribution in [0.2, 0.25) is 0 Å². The van der Waals surface area contributed by atoms with Gasteiger partial charge >= 0.3 is 0 Å². The van der Waals surface area contributed by atoms with Crippen molar-refractivity contribution in [3.8, 4) is 0 Å². The number of carbonyl (C=O) groups is 1. The van der Waals surface area contributed by atoms with E-state index >= 15 is 0 Å². The molecule has 2 unspecified atom stereocenters. The summed E-state index contributed by atoms with van der Waals surface area (Å²) >= 11 is 2.78. The van der Waals surface area contributed by atoms with Crippen LogP contribution < -0.4 is 5.73 Å². The smallest absolute Gasteiger partial charge is 0.233 e. The minimum absolute atomic E-state index is 0.473. The number of nitrogens with two attached hydrogens (primary N) is 1. The van der Waals surface area contributed by atoms with Gasteiger partial charge in [0, 0.05) is 0 Å². The molecule has 0 rings (SSSR count). The molecule has 0 bridgehead atoms. The van der Waals surface area contributed by atoms with Crippen LogP contribution >= 0.6 is 15.9 Å². The first-order chi connectivity index (χ1) is 4.09. The van der Waals surface area contributed by atoms with Crippen LogP contribution in [0.1, 0.15) is 0 Å². The van der Waals surface area contributed by atoms with Crippen LogP contribution in [0.5, 0.6) is 0 Å². The second-order valence-corrected chi connectivity index (χ2v) is 2.54. The Balaban J connectivity index is 3.72. The lowest BCUT2D eigenvalue weighted by Gasteiger charge is -2.09. The summed E-state index contributed by atoms with van der Waals surface area (Å²) in [5.41, 5.74) is 4.76. The molecule has 54 valence electrons. The number of hydrogen-bond donors (Lipinski definition) is 3. The summed E-state index contributed by atoms with van der Waals surface area (Å²) in [7, 11) is 0. The van der Waals surface area contributed by atoms with Crippen molar-refractivity contribution < 1.29 is 15.0 Å². The highest BCUT2D eigenvalue weighted by atomic mass is 79.9. The van der Waals surface area contributed by atoms with Crippen LogP contribution in [0.15, 0.2) is 0 Å². The second kappa shape index (κ2) is 3.81. The fourth-order valence-corrected chi connectivity index (χ4v) is 0.449. The van der Waals surface area contributed by atoms with Gasteiger partial charge in [-0.25, -0.2) is 0 Å². The molecular formula is C4H8BrNO3. The van der Waals surface area contributed by atoms with Crippen LogP contribution in [0.25, 0.3) is 0 Å². The Morgan fingerprint density at radius 1 is 1.78 bits per heavy atom. The van der Waals surface area contributed by atoms with Gasteiger partial charge < -0.3 is 15.9 Å². The van der Waals surface area contributed by atoms with E-state index in [4.69, 9.17) is 15.9 Å². The third-order valence-corrected chi connectivity index (χ3v) is 1.86. The zero-order chi connectivity index (χ0) is 7.44. The maximum atomic E-state index is 10.2. The highest BCUT2D eigenvalue weighted by Gasteiger charge is 2.19. The first kappa shape index (κ1) is 8.87. The van der Waals surface area contributed by atoms with Gasteiger partial charge in [0.15, 0.2) is 0 Å². The molecule has 4 nitrogen and oxygen atoms in total. The molecule has 1 amide bonds. The molecule has 0 aliphatic heterocycles. The molecular weight excluding hydrogens is 190 g/mol. The minimum atomic E-state index is -1.11. The fraction of sp³-hybridized carbons (Fsp3) is 0.750. The molecule has 0 radical (unpaired) electrons. The number of rotatable bonds is 3. The lowest BCUT2D eigenvalue weighted by atomic mass is 10.2.